The molecule has 0 aliphatic carbocycles. The predicted molar refractivity (Wildman–Crippen MR) is 90.8 cm³/mol. The van der Waals surface area contributed by atoms with Gasteiger partial charge in [-0.2, -0.15) is 0 Å². The highest BCUT2D eigenvalue weighted by Gasteiger charge is 2.20. The number of carboxylic acids is 1. The lowest BCUT2D eigenvalue weighted by molar-refractivity contribution is -0.141. The molecule has 2 N–H and O–H groups in total. The van der Waals surface area contributed by atoms with Crippen LogP contribution in [0.25, 0.3) is 6.08 Å². The average Bonchev–Trinajstić information content (AvgIpc) is 2.51. The molecular weight excluding hydrogens is 278 g/mol. The maximum atomic E-state index is 11.4. The molecule has 4 heteroatoms. The Morgan fingerprint density at radius 1 is 1.32 bits per heavy atom. The molecule has 0 aliphatic rings. The molecule has 0 spiro atoms. The molecule has 122 valence electrons. The first-order valence-electron chi connectivity index (χ1n) is 7.73. The van der Waals surface area contributed by atoms with Crippen LogP contribution in [0.15, 0.2) is 24.3 Å². The number of carbonyl (C=O) groups excluding carboxylic acids is 1. The molecule has 1 amide bonds. The Labute approximate surface area is 133 Å². The quantitative estimate of drug-likeness (QED) is 0.844. The zero-order valence-corrected chi connectivity index (χ0v) is 14.1. The molecule has 0 aliphatic heterocycles. The van der Waals surface area contributed by atoms with E-state index in [9.17, 15) is 14.7 Å². The first-order chi connectivity index (χ1) is 10.5. The van der Waals surface area contributed by atoms with E-state index < -0.39 is 12.0 Å². The summed E-state index contributed by atoms with van der Waals surface area (Å²) in [6, 6.07) is 4.89. The van der Waals surface area contributed by atoms with E-state index in [0.717, 1.165) is 16.7 Å². The van der Waals surface area contributed by atoms with Crippen molar-refractivity contribution in [3.63, 3.8) is 0 Å². The van der Waals surface area contributed by atoms with Crippen molar-refractivity contribution in [2.24, 2.45) is 0 Å². The Bertz CT molecular complexity index is 521. The second kappa shape index (κ2) is 10.6. The van der Waals surface area contributed by atoms with Crippen LogP contribution in [0.5, 0.6) is 0 Å². The number of carboxylic acid groups (broad SMARTS) is 1. The topological polar surface area (TPSA) is 66.4 Å². The van der Waals surface area contributed by atoms with Crippen molar-refractivity contribution in [3.8, 4) is 0 Å². The lowest BCUT2D eigenvalue weighted by Gasteiger charge is -2.16. The van der Waals surface area contributed by atoms with E-state index in [1.807, 2.05) is 58.0 Å². The number of hydrogen-bond acceptors (Lipinski definition) is 2. The minimum atomic E-state index is -1.01. The van der Waals surface area contributed by atoms with Crippen molar-refractivity contribution in [2.75, 3.05) is 0 Å². The lowest BCUT2D eigenvalue weighted by atomic mass is 9.96. The van der Waals surface area contributed by atoms with E-state index in [2.05, 4.69) is 5.32 Å². The Kier molecular flexibility index (Phi) is 9.59. The second-order valence-electron chi connectivity index (χ2n) is 4.66. The molecule has 0 radical (unpaired) electrons. The highest BCUT2D eigenvalue weighted by Crippen LogP contribution is 2.18. The molecule has 0 bridgehead atoms. The Morgan fingerprint density at radius 3 is 2.45 bits per heavy atom. The van der Waals surface area contributed by atoms with Gasteiger partial charge in [0.05, 0.1) is 0 Å². The second-order valence-corrected chi connectivity index (χ2v) is 4.66. The van der Waals surface area contributed by atoms with Crippen molar-refractivity contribution in [1.29, 1.82) is 0 Å². The minimum absolute atomic E-state index is 0.252. The highest BCUT2D eigenvalue weighted by atomic mass is 16.4. The minimum Gasteiger partial charge on any atom is -0.480 e. The van der Waals surface area contributed by atoms with Gasteiger partial charge in [-0.05, 0) is 30.5 Å². The zero-order valence-electron chi connectivity index (χ0n) is 14.1. The molecule has 1 unspecified atom stereocenters. The molecule has 0 saturated carbocycles. The molecule has 0 aromatic heterocycles. The normalized spacial score (nSPS) is 11.5. The van der Waals surface area contributed by atoms with E-state index in [-0.39, 0.29) is 18.7 Å². The summed E-state index contributed by atoms with van der Waals surface area (Å²) in [4.78, 5) is 22.7. The van der Waals surface area contributed by atoms with Crippen LogP contribution in [-0.2, 0) is 16.0 Å². The van der Waals surface area contributed by atoms with Gasteiger partial charge in [0.25, 0.3) is 0 Å². The number of aliphatic carboxylic acids is 1. The summed E-state index contributed by atoms with van der Waals surface area (Å²) in [5, 5.41) is 11.8. The molecular formula is C18H27NO3. The van der Waals surface area contributed by atoms with Gasteiger partial charge in [0.1, 0.15) is 6.04 Å². The first-order valence-corrected chi connectivity index (χ1v) is 7.73. The van der Waals surface area contributed by atoms with Gasteiger partial charge in [-0.25, -0.2) is 4.79 Å². The Hall–Kier alpha value is -2.10. The maximum absolute atomic E-state index is 11.4. The molecule has 1 aromatic carbocycles. The van der Waals surface area contributed by atoms with Crippen LogP contribution in [0.2, 0.25) is 0 Å². The maximum Gasteiger partial charge on any atom is 0.326 e. The molecule has 0 heterocycles. The van der Waals surface area contributed by atoms with Crippen LogP contribution in [0.3, 0.4) is 0 Å². The number of nitrogens with one attached hydrogen (secondary N) is 1. The molecule has 22 heavy (non-hydrogen) atoms. The molecule has 1 atom stereocenters. The first kappa shape index (κ1) is 19.9. The number of aryl methyl sites for hydroxylation is 1. The summed E-state index contributed by atoms with van der Waals surface area (Å²) < 4.78 is 0. The fourth-order valence-corrected chi connectivity index (χ4v) is 2.04. The summed E-state index contributed by atoms with van der Waals surface area (Å²) >= 11 is 0. The third-order valence-corrected chi connectivity index (χ3v) is 3.13. The summed E-state index contributed by atoms with van der Waals surface area (Å²) in [5.41, 5.74) is 3.03. The van der Waals surface area contributed by atoms with Gasteiger partial charge in [0.2, 0.25) is 5.91 Å². The van der Waals surface area contributed by atoms with E-state index in [4.69, 9.17) is 0 Å². The number of carbonyl (C=O) groups is 2. The third kappa shape index (κ3) is 6.12. The van der Waals surface area contributed by atoms with Crippen LogP contribution in [0.1, 0.15) is 50.8 Å². The SMILES string of the molecule is C/C=C\c1c(C)cccc1CC(NC(=O)CC)C(=O)O.CC. The molecule has 1 rings (SSSR count). The number of rotatable bonds is 6. The predicted octanol–water partition coefficient (Wildman–Crippen LogP) is 3.58. The Morgan fingerprint density at radius 2 is 1.95 bits per heavy atom. The van der Waals surface area contributed by atoms with Gasteiger partial charge in [0, 0.05) is 12.8 Å². The number of allylic oxidation sites excluding steroid dienone is 1. The van der Waals surface area contributed by atoms with Crippen molar-refractivity contribution in [2.45, 2.75) is 53.5 Å². The number of amides is 1. The Balaban J connectivity index is 0.00000211. The lowest BCUT2D eigenvalue weighted by Crippen LogP contribution is -2.42. The fraction of sp³-hybridized carbons (Fsp3) is 0.444. The van der Waals surface area contributed by atoms with Crippen molar-refractivity contribution in [1.82, 2.24) is 5.32 Å². The molecule has 0 saturated heterocycles. The third-order valence-electron chi connectivity index (χ3n) is 3.13. The van der Waals surface area contributed by atoms with Crippen LogP contribution in [0.4, 0.5) is 0 Å². The largest absolute Gasteiger partial charge is 0.480 e. The van der Waals surface area contributed by atoms with Crippen molar-refractivity contribution >= 4 is 18.0 Å². The summed E-state index contributed by atoms with van der Waals surface area (Å²) in [7, 11) is 0. The van der Waals surface area contributed by atoms with Crippen LogP contribution in [-0.4, -0.2) is 23.0 Å². The number of hydrogen-bond donors (Lipinski definition) is 2. The van der Waals surface area contributed by atoms with Crippen LogP contribution < -0.4 is 5.32 Å². The van der Waals surface area contributed by atoms with Crippen LogP contribution in [0, 0.1) is 6.92 Å². The smallest absolute Gasteiger partial charge is 0.326 e. The van der Waals surface area contributed by atoms with Gasteiger partial charge in [-0.1, -0.05) is 51.1 Å². The monoisotopic (exact) mass is 305 g/mol. The van der Waals surface area contributed by atoms with E-state index in [1.165, 1.54) is 0 Å². The van der Waals surface area contributed by atoms with E-state index >= 15 is 0 Å². The fourth-order valence-electron chi connectivity index (χ4n) is 2.04. The van der Waals surface area contributed by atoms with E-state index in [1.54, 1.807) is 6.92 Å². The van der Waals surface area contributed by atoms with Gasteiger partial charge in [-0.3, -0.25) is 4.79 Å². The molecule has 0 fully saturated rings. The molecule has 1 aromatic rings. The van der Waals surface area contributed by atoms with Gasteiger partial charge < -0.3 is 10.4 Å². The molecule has 4 nitrogen and oxygen atoms in total. The van der Waals surface area contributed by atoms with Gasteiger partial charge in [0.15, 0.2) is 0 Å². The summed E-state index contributed by atoms with van der Waals surface area (Å²) in [6.45, 7) is 9.61. The van der Waals surface area contributed by atoms with Gasteiger partial charge >= 0.3 is 5.97 Å². The highest BCUT2D eigenvalue weighted by molar-refractivity contribution is 5.83. The van der Waals surface area contributed by atoms with Crippen LogP contribution >= 0.6 is 0 Å². The van der Waals surface area contributed by atoms with Gasteiger partial charge in [-0.15, -0.1) is 0 Å². The zero-order chi connectivity index (χ0) is 17.1. The van der Waals surface area contributed by atoms with Crippen molar-refractivity contribution < 1.29 is 14.7 Å². The summed E-state index contributed by atoms with van der Waals surface area (Å²) in [5.74, 6) is -1.27. The number of benzene rings is 1. The summed E-state index contributed by atoms with van der Waals surface area (Å²) in [6.07, 6.45) is 4.44. The van der Waals surface area contributed by atoms with E-state index in [0.29, 0.717) is 0 Å². The average molecular weight is 305 g/mol. The van der Waals surface area contributed by atoms with Crippen molar-refractivity contribution in [3.05, 3.63) is 41.0 Å². The standard InChI is InChI=1S/C16H21NO3.C2H6/c1-4-7-13-11(3)8-6-9-12(13)10-14(16(19)20)17-15(18)5-2;1-2/h4,6-9,14H,5,10H2,1-3H3,(H,17,18)(H,19,20);1-2H3/b7-4-;.